The molecule has 3 rings (SSSR count). The number of hydrogen-bond donors (Lipinski definition) is 0. The number of allylic oxidation sites excluding steroid dienone is 2. The summed E-state index contributed by atoms with van der Waals surface area (Å²) in [5.74, 6) is 1.41. The molecule has 0 amide bonds. The van der Waals surface area contributed by atoms with E-state index in [9.17, 15) is 4.79 Å². The molecule has 1 saturated carbocycles. The van der Waals surface area contributed by atoms with Gasteiger partial charge in [-0.2, -0.15) is 0 Å². The number of carbonyl (C=O) groups excluding carboxylic acids is 1. The van der Waals surface area contributed by atoms with Crippen molar-refractivity contribution in [2.75, 3.05) is 0 Å². The Bertz CT molecular complexity index is 613. The number of halogens is 1. The average molecular weight is 440 g/mol. The van der Waals surface area contributed by atoms with E-state index in [1.165, 1.54) is 23.7 Å². The Morgan fingerprint density at radius 1 is 1.12 bits per heavy atom. The van der Waals surface area contributed by atoms with Gasteiger partial charge in [-0.25, -0.2) is 0 Å². The molecule has 0 spiro atoms. The molecule has 1 heterocycles. The monoisotopic (exact) mass is 440 g/mol. The van der Waals surface area contributed by atoms with E-state index in [1.807, 2.05) is 19.1 Å². The van der Waals surface area contributed by atoms with Crippen LogP contribution in [0.1, 0.15) is 58.3 Å². The van der Waals surface area contributed by atoms with E-state index in [4.69, 9.17) is 16.3 Å². The molecule has 26 heavy (non-hydrogen) atoms. The minimum absolute atomic E-state index is 0.0138. The summed E-state index contributed by atoms with van der Waals surface area (Å²) in [6.07, 6.45) is 13.6. The Balaban J connectivity index is 1.74. The fourth-order valence-electron chi connectivity index (χ4n) is 4.14. The summed E-state index contributed by atoms with van der Waals surface area (Å²) >= 11 is 6.30. The minimum atomic E-state index is -0.0138. The summed E-state index contributed by atoms with van der Waals surface area (Å²) in [5.41, 5.74) is 0. The van der Waals surface area contributed by atoms with Gasteiger partial charge in [0.25, 0.3) is 0 Å². The standard InChI is InChI=1S/C22H29ClO2Se/c1-16-6-3-2-4-7-17-8-5-9-18(17)14-21(15-22(24)25-16)26-20-12-10-19(23)11-13-20/h4,7,10-13,16-18,21H,2-3,5-6,8-9,14-15H2,1H3/b7-4+/t16-,17?,18?,21-/m0/s1. The van der Waals surface area contributed by atoms with Gasteiger partial charge in [0.1, 0.15) is 0 Å². The van der Waals surface area contributed by atoms with E-state index in [0.717, 1.165) is 36.6 Å². The molecule has 2 nitrogen and oxygen atoms in total. The fourth-order valence-corrected chi connectivity index (χ4v) is 6.87. The van der Waals surface area contributed by atoms with Crippen LogP contribution in [0.15, 0.2) is 36.4 Å². The van der Waals surface area contributed by atoms with Crippen LogP contribution in [0.25, 0.3) is 0 Å². The number of benzene rings is 1. The Morgan fingerprint density at radius 2 is 1.92 bits per heavy atom. The van der Waals surface area contributed by atoms with Gasteiger partial charge >= 0.3 is 169 Å². The first-order valence-corrected chi connectivity index (χ1v) is 12.1. The van der Waals surface area contributed by atoms with E-state index in [2.05, 4.69) is 24.3 Å². The molecule has 4 atom stereocenters. The number of rotatable bonds is 2. The second-order valence-electron chi connectivity index (χ2n) is 7.65. The Hall–Kier alpha value is -0.761. The first kappa shape index (κ1) is 20.0. The molecule has 4 heteroatoms. The zero-order chi connectivity index (χ0) is 18.4. The third-order valence-corrected chi connectivity index (χ3v) is 8.34. The molecular weight excluding hydrogens is 411 g/mol. The van der Waals surface area contributed by atoms with Crippen molar-refractivity contribution in [1.29, 1.82) is 0 Å². The quantitative estimate of drug-likeness (QED) is 0.354. The van der Waals surface area contributed by atoms with Gasteiger partial charge in [-0.3, -0.25) is 0 Å². The van der Waals surface area contributed by atoms with Gasteiger partial charge in [-0.1, -0.05) is 0 Å². The van der Waals surface area contributed by atoms with Crippen LogP contribution in [-0.4, -0.2) is 27.0 Å². The van der Waals surface area contributed by atoms with Crippen LogP contribution in [0.3, 0.4) is 0 Å². The molecule has 1 aromatic rings. The summed E-state index contributed by atoms with van der Waals surface area (Å²) in [7, 11) is 0. The van der Waals surface area contributed by atoms with E-state index >= 15 is 0 Å². The van der Waals surface area contributed by atoms with Gasteiger partial charge in [0.05, 0.1) is 0 Å². The van der Waals surface area contributed by atoms with Crippen LogP contribution in [0.2, 0.25) is 9.84 Å². The molecule has 0 saturated heterocycles. The van der Waals surface area contributed by atoms with Crippen molar-refractivity contribution < 1.29 is 9.53 Å². The van der Waals surface area contributed by atoms with Crippen molar-refractivity contribution in [1.82, 2.24) is 0 Å². The number of fused-ring (bicyclic) bond motifs is 1. The molecule has 1 aromatic carbocycles. The number of ether oxygens (including phenoxy) is 1. The van der Waals surface area contributed by atoms with Crippen LogP contribution >= 0.6 is 11.6 Å². The molecule has 0 bridgehead atoms. The second-order valence-corrected chi connectivity index (χ2v) is 11.0. The summed E-state index contributed by atoms with van der Waals surface area (Å²) < 4.78 is 7.01. The third-order valence-electron chi connectivity index (χ3n) is 5.49. The molecule has 2 aliphatic rings. The molecule has 0 N–H and O–H groups in total. The summed E-state index contributed by atoms with van der Waals surface area (Å²) in [4.78, 5) is 12.9. The van der Waals surface area contributed by atoms with Crippen molar-refractivity contribution in [2.45, 2.75) is 69.2 Å². The van der Waals surface area contributed by atoms with E-state index in [1.54, 1.807) is 0 Å². The Morgan fingerprint density at radius 3 is 2.73 bits per heavy atom. The van der Waals surface area contributed by atoms with Crippen molar-refractivity contribution in [3.05, 3.63) is 41.4 Å². The van der Waals surface area contributed by atoms with Crippen molar-refractivity contribution in [3.63, 3.8) is 0 Å². The summed E-state index contributed by atoms with van der Waals surface area (Å²) in [6, 6.07) is 8.15. The first-order valence-electron chi connectivity index (χ1n) is 9.88. The van der Waals surface area contributed by atoms with Crippen LogP contribution in [0, 0.1) is 11.8 Å². The topological polar surface area (TPSA) is 26.3 Å². The maximum atomic E-state index is 12.5. The maximum absolute atomic E-state index is 12.5. The van der Waals surface area contributed by atoms with Gasteiger partial charge < -0.3 is 0 Å². The zero-order valence-electron chi connectivity index (χ0n) is 15.5. The predicted molar refractivity (Wildman–Crippen MR) is 109 cm³/mol. The number of esters is 1. The SMILES string of the molecule is C[C@H]1CCC/C=C/C2CCCC2C[C@H]([Se]c2ccc(Cl)cc2)CC(=O)O1. The Kier molecular flexibility index (Phi) is 7.66. The predicted octanol–water partition coefficient (Wildman–Crippen LogP) is 5.33. The molecule has 0 aromatic heterocycles. The molecule has 1 aliphatic carbocycles. The van der Waals surface area contributed by atoms with Crippen LogP contribution in [0.4, 0.5) is 0 Å². The van der Waals surface area contributed by atoms with Gasteiger partial charge in [-0.05, 0) is 0 Å². The van der Waals surface area contributed by atoms with E-state index in [0.29, 0.717) is 17.2 Å². The van der Waals surface area contributed by atoms with Crippen molar-refractivity contribution >= 4 is 37.0 Å². The van der Waals surface area contributed by atoms with Gasteiger partial charge in [0.2, 0.25) is 0 Å². The number of cyclic esters (lactones) is 1. The molecule has 2 unspecified atom stereocenters. The molecule has 1 fully saturated rings. The first-order chi connectivity index (χ1) is 12.6. The van der Waals surface area contributed by atoms with Crippen LogP contribution in [-0.2, 0) is 9.53 Å². The fraction of sp³-hybridized carbons (Fsp3) is 0.591. The van der Waals surface area contributed by atoms with Crippen LogP contribution < -0.4 is 4.46 Å². The van der Waals surface area contributed by atoms with E-state index < -0.39 is 0 Å². The third kappa shape index (κ3) is 6.15. The van der Waals surface area contributed by atoms with E-state index in [-0.39, 0.29) is 27.0 Å². The van der Waals surface area contributed by atoms with Crippen LogP contribution in [0.5, 0.6) is 0 Å². The zero-order valence-corrected chi connectivity index (χ0v) is 18.0. The van der Waals surface area contributed by atoms with Gasteiger partial charge in [-0.15, -0.1) is 0 Å². The summed E-state index contributed by atoms with van der Waals surface area (Å²) in [5, 5.41) is 0.772. The second kappa shape index (κ2) is 9.97. The normalized spacial score (nSPS) is 31.8. The molecule has 0 radical (unpaired) electrons. The summed E-state index contributed by atoms with van der Waals surface area (Å²) in [6.45, 7) is 2.02. The average Bonchev–Trinajstić information content (AvgIpc) is 3.03. The van der Waals surface area contributed by atoms with Crippen molar-refractivity contribution in [2.24, 2.45) is 11.8 Å². The number of carbonyl (C=O) groups is 1. The van der Waals surface area contributed by atoms with Gasteiger partial charge in [0.15, 0.2) is 0 Å². The molecular formula is C22H29ClO2Se. The van der Waals surface area contributed by atoms with Gasteiger partial charge in [0, 0.05) is 0 Å². The Labute approximate surface area is 168 Å². The molecule has 142 valence electrons. The number of hydrogen-bond acceptors (Lipinski definition) is 2. The van der Waals surface area contributed by atoms with Crippen molar-refractivity contribution in [3.8, 4) is 0 Å². The molecule has 1 aliphatic heterocycles.